The lowest BCUT2D eigenvalue weighted by atomic mass is 10.1. The largest absolute Gasteiger partial charge is 0.755 e. The highest BCUT2D eigenvalue weighted by Gasteiger charge is 2.26. The van der Waals surface area contributed by atoms with E-state index < -0.39 is 11.3 Å². The average Bonchev–Trinajstić information content (AvgIpc) is 2.68. The summed E-state index contributed by atoms with van der Waals surface area (Å²) in [6.45, 7) is 3.32. The van der Waals surface area contributed by atoms with Crippen LogP contribution < -0.4 is 4.72 Å². The Bertz CT molecular complexity index is 932. The van der Waals surface area contributed by atoms with Crippen molar-refractivity contribution in [1.29, 1.82) is 0 Å². The molecular formula is C18H18ClN4O4S-. The molecule has 2 aromatic rings. The van der Waals surface area contributed by atoms with Crippen LogP contribution in [-0.4, -0.2) is 61.5 Å². The molecule has 1 aliphatic heterocycles. The van der Waals surface area contributed by atoms with Gasteiger partial charge in [0.1, 0.15) is 0 Å². The van der Waals surface area contributed by atoms with Crippen molar-refractivity contribution >= 4 is 40.4 Å². The highest BCUT2D eigenvalue weighted by molar-refractivity contribution is 7.80. The molecule has 2 amide bonds. The molecule has 1 aromatic heterocycles. The molecule has 0 aliphatic carbocycles. The van der Waals surface area contributed by atoms with Gasteiger partial charge in [0.05, 0.1) is 10.6 Å². The van der Waals surface area contributed by atoms with E-state index in [1.54, 1.807) is 41.0 Å². The van der Waals surface area contributed by atoms with E-state index in [0.29, 0.717) is 53.6 Å². The Morgan fingerprint density at radius 1 is 1.14 bits per heavy atom. The molecule has 0 bridgehead atoms. The Kier molecular flexibility index (Phi) is 6.28. The summed E-state index contributed by atoms with van der Waals surface area (Å²) >= 11 is 3.62. The second-order valence-corrected chi connectivity index (χ2v) is 7.39. The number of aromatic nitrogens is 1. The van der Waals surface area contributed by atoms with Crippen molar-refractivity contribution in [2.75, 3.05) is 30.9 Å². The number of halogens is 1. The first kappa shape index (κ1) is 20.2. The van der Waals surface area contributed by atoms with Gasteiger partial charge in [0.2, 0.25) is 0 Å². The third kappa shape index (κ3) is 4.49. The van der Waals surface area contributed by atoms with Crippen molar-refractivity contribution in [3.63, 3.8) is 0 Å². The van der Waals surface area contributed by atoms with Crippen LogP contribution in [0.5, 0.6) is 0 Å². The predicted molar refractivity (Wildman–Crippen MR) is 105 cm³/mol. The molecular weight excluding hydrogens is 404 g/mol. The molecule has 0 spiro atoms. The second-order valence-electron chi connectivity index (χ2n) is 6.31. The number of carbonyl (C=O) groups excluding carboxylic acids is 2. The number of benzene rings is 1. The first-order chi connectivity index (χ1) is 13.4. The molecule has 1 N–H and O–H groups in total. The topological polar surface area (TPSA) is 106 Å². The van der Waals surface area contributed by atoms with E-state index in [2.05, 4.69) is 9.71 Å². The van der Waals surface area contributed by atoms with Crippen molar-refractivity contribution in [1.82, 2.24) is 14.8 Å². The van der Waals surface area contributed by atoms with Crippen LogP contribution in [0, 0.1) is 6.92 Å². The Balaban J connectivity index is 1.64. The summed E-state index contributed by atoms with van der Waals surface area (Å²) in [5.41, 5.74) is 1.94. The van der Waals surface area contributed by atoms with Crippen LogP contribution in [0.25, 0.3) is 0 Å². The normalized spacial score (nSPS) is 15.2. The minimum Gasteiger partial charge on any atom is -0.755 e. The number of pyridine rings is 1. The number of piperazine rings is 1. The van der Waals surface area contributed by atoms with E-state index in [-0.39, 0.29) is 11.8 Å². The number of hydrogen-bond acceptors (Lipinski definition) is 5. The zero-order valence-corrected chi connectivity index (χ0v) is 16.6. The Labute approximate surface area is 169 Å². The molecule has 3 rings (SSSR count). The van der Waals surface area contributed by atoms with Crippen molar-refractivity contribution in [2.45, 2.75) is 6.92 Å². The molecule has 1 saturated heterocycles. The SMILES string of the molecule is Cc1cc(C(=O)N2CCN(C(=O)c3ccncc3Cl)CC2)ccc1NS(=O)[O-]. The molecule has 0 saturated carbocycles. The quantitative estimate of drug-likeness (QED) is 0.758. The van der Waals surface area contributed by atoms with Crippen LogP contribution in [0.3, 0.4) is 0 Å². The summed E-state index contributed by atoms with van der Waals surface area (Å²) in [6, 6.07) is 6.36. The van der Waals surface area contributed by atoms with Gasteiger partial charge in [-0.1, -0.05) is 11.6 Å². The van der Waals surface area contributed by atoms with Crippen LogP contribution in [-0.2, 0) is 11.3 Å². The van der Waals surface area contributed by atoms with Crippen LogP contribution in [0.1, 0.15) is 26.3 Å². The fourth-order valence-electron chi connectivity index (χ4n) is 3.02. The molecule has 1 aliphatic rings. The number of hydrogen-bond donors (Lipinski definition) is 1. The minimum atomic E-state index is -2.42. The molecule has 8 nitrogen and oxygen atoms in total. The molecule has 1 fully saturated rings. The average molecular weight is 422 g/mol. The fourth-order valence-corrected chi connectivity index (χ4v) is 3.62. The van der Waals surface area contributed by atoms with Crippen LogP contribution in [0.4, 0.5) is 5.69 Å². The van der Waals surface area contributed by atoms with Gasteiger partial charge in [0.25, 0.3) is 11.8 Å². The Hall–Kier alpha value is -2.49. The summed E-state index contributed by atoms with van der Waals surface area (Å²) in [5.74, 6) is -0.344. The van der Waals surface area contributed by atoms with Gasteiger partial charge >= 0.3 is 0 Å². The molecule has 1 atom stereocenters. The third-order valence-electron chi connectivity index (χ3n) is 4.52. The summed E-state index contributed by atoms with van der Waals surface area (Å²) in [6.07, 6.45) is 2.94. The highest BCUT2D eigenvalue weighted by atomic mass is 35.5. The molecule has 1 unspecified atom stereocenters. The van der Waals surface area contributed by atoms with Crippen LogP contribution >= 0.6 is 11.6 Å². The van der Waals surface area contributed by atoms with E-state index in [1.165, 1.54) is 12.4 Å². The zero-order chi connectivity index (χ0) is 20.3. The number of anilines is 1. The van der Waals surface area contributed by atoms with E-state index in [4.69, 9.17) is 11.6 Å². The minimum absolute atomic E-state index is 0.160. The van der Waals surface area contributed by atoms with E-state index in [9.17, 15) is 18.4 Å². The summed E-state index contributed by atoms with van der Waals surface area (Å²) in [4.78, 5) is 32.5. The van der Waals surface area contributed by atoms with Crippen LogP contribution in [0.2, 0.25) is 5.02 Å². The summed E-state index contributed by atoms with van der Waals surface area (Å²) in [5, 5.41) is 0.300. The maximum atomic E-state index is 12.7. The molecule has 148 valence electrons. The Morgan fingerprint density at radius 3 is 2.36 bits per heavy atom. The van der Waals surface area contributed by atoms with Crippen molar-refractivity contribution < 1.29 is 18.4 Å². The maximum absolute atomic E-state index is 12.7. The van der Waals surface area contributed by atoms with E-state index in [0.717, 1.165) is 0 Å². The predicted octanol–water partition coefficient (Wildman–Crippen LogP) is 1.85. The Morgan fingerprint density at radius 2 is 1.79 bits per heavy atom. The monoisotopic (exact) mass is 421 g/mol. The lowest BCUT2D eigenvalue weighted by Gasteiger charge is -2.35. The number of carbonyl (C=O) groups is 2. The number of nitrogens with one attached hydrogen (secondary N) is 1. The molecule has 10 heteroatoms. The van der Waals surface area contributed by atoms with Crippen molar-refractivity contribution in [3.8, 4) is 0 Å². The zero-order valence-electron chi connectivity index (χ0n) is 15.1. The van der Waals surface area contributed by atoms with Gasteiger partial charge in [-0.2, -0.15) is 0 Å². The third-order valence-corrected chi connectivity index (χ3v) is 5.21. The molecule has 0 radical (unpaired) electrons. The first-order valence-corrected chi connectivity index (χ1v) is 9.96. The number of nitrogens with zero attached hydrogens (tertiary/aromatic N) is 3. The maximum Gasteiger partial charge on any atom is 0.255 e. The van der Waals surface area contributed by atoms with Crippen molar-refractivity contribution in [2.24, 2.45) is 0 Å². The van der Waals surface area contributed by atoms with Gasteiger partial charge in [-0.25, -0.2) is 0 Å². The number of amides is 2. The summed E-state index contributed by atoms with van der Waals surface area (Å²) < 4.78 is 23.8. The van der Waals surface area contributed by atoms with Gasteiger partial charge in [0.15, 0.2) is 0 Å². The molecule has 28 heavy (non-hydrogen) atoms. The van der Waals surface area contributed by atoms with Crippen LogP contribution in [0.15, 0.2) is 36.7 Å². The highest BCUT2D eigenvalue weighted by Crippen LogP contribution is 2.20. The lowest BCUT2D eigenvalue weighted by Crippen LogP contribution is -2.50. The van der Waals surface area contributed by atoms with Gasteiger partial charge in [0, 0.05) is 61.1 Å². The van der Waals surface area contributed by atoms with E-state index in [1.807, 2.05) is 0 Å². The molecule has 1 aromatic carbocycles. The van der Waals surface area contributed by atoms with Gasteiger partial charge < -0.3 is 19.1 Å². The second kappa shape index (κ2) is 8.68. The number of rotatable bonds is 4. The summed E-state index contributed by atoms with van der Waals surface area (Å²) in [7, 11) is 0. The standard InChI is InChI=1S/C18H19ClN4O4S/c1-12-10-13(2-3-16(12)21-28(26)27)17(24)22-6-8-23(9-7-22)18(25)14-4-5-20-11-15(14)19/h2-5,10-11,21H,6-9H2,1H3,(H,26,27)/p-1. The smallest absolute Gasteiger partial charge is 0.255 e. The van der Waals surface area contributed by atoms with Crippen molar-refractivity contribution in [3.05, 3.63) is 58.4 Å². The first-order valence-electron chi connectivity index (χ1n) is 8.51. The number of aryl methyl sites for hydroxylation is 1. The van der Waals surface area contributed by atoms with E-state index >= 15 is 0 Å². The molecule has 2 heterocycles. The van der Waals surface area contributed by atoms with Gasteiger partial charge in [-0.05, 0) is 36.8 Å². The van der Waals surface area contributed by atoms with Gasteiger partial charge in [-0.15, -0.1) is 0 Å². The fraction of sp³-hybridized carbons (Fsp3) is 0.278. The lowest BCUT2D eigenvalue weighted by molar-refractivity contribution is 0.0535. The van der Waals surface area contributed by atoms with Gasteiger partial charge in [-0.3, -0.25) is 18.8 Å².